The molecule has 4 rings (SSSR count). The van der Waals surface area contributed by atoms with Crippen LogP contribution in [-0.4, -0.2) is 71.6 Å². The van der Waals surface area contributed by atoms with E-state index in [0.717, 1.165) is 5.69 Å². The molecule has 152 valence electrons. The molecule has 3 heterocycles. The van der Waals surface area contributed by atoms with E-state index in [1.165, 1.54) is 0 Å². The minimum atomic E-state index is -0.615. The number of anilines is 1. The van der Waals surface area contributed by atoms with Crippen LogP contribution in [0.5, 0.6) is 0 Å². The van der Waals surface area contributed by atoms with E-state index in [9.17, 15) is 4.79 Å². The fourth-order valence-electron chi connectivity index (χ4n) is 3.60. The molecular formula is C19H22N6O4. The lowest BCUT2D eigenvalue weighted by molar-refractivity contribution is 0.00770. The summed E-state index contributed by atoms with van der Waals surface area (Å²) in [6, 6.07) is 8.53. The second kappa shape index (κ2) is 8.16. The minimum absolute atomic E-state index is 0.118. The third-order valence-electron chi connectivity index (χ3n) is 4.85. The number of carbonyl (C=O) groups is 1. The summed E-state index contributed by atoms with van der Waals surface area (Å²) >= 11 is 0. The van der Waals surface area contributed by atoms with Crippen LogP contribution in [0.15, 0.2) is 30.5 Å². The van der Waals surface area contributed by atoms with Crippen molar-refractivity contribution >= 4 is 11.8 Å². The van der Waals surface area contributed by atoms with E-state index in [-0.39, 0.29) is 24.9 Å². The van der Waals surface area contributed by atoms with Gasteiger partial charge < -0.3 is 19.1 Å². The molecule has 2 saturated heterocycles. The average molecular weight is 398 g/mol. The Kier molecular flexibility index (Phi) is 5.44. The van der Waals surface area contributed by atoms with Crippen molar-refractivity contribution < 1.29 is 19.0 Å². The maximum Gasteiger partial charge on any atom is 0.412 e. The number of nitriles is 1. The van der Waals surface area contributed by atoms with Crippen molar-refractivity contribution in [1.29, 1.82) is 5.26 Å². The van der Waals surface area contributed by atoms with E-state index in [2.05, 4.69) is 15.6 Å². The number of aromatic nitrogens is 3. The molecule has 2 fully saturated rings. The van der Waals surface area contributed by atoms with Gasteiger partial charge in [0.05, 0.1) is 36.7 Å². The third-order valence-corrected chi connectivity index (χ3v) is 4.85. The van der Waals surface area contributed by atoms with Crippen molar-refractivity contribution in [3.8, 4) is 6.07 Å². The predicted octanol–water partition coefficient (Wildman–Crippen LogP) is 1.17. The third kappa shape index (κ3) is 4.22. The second-order valence-electron chi connectivity index (χ2n) is 7.35. The number of carbonyl (C=O) groups excluding carboxylic acids is 1. The number of benzene rings is 1. The molecule has 0 aliphatic carbocycles. The Morgan fingerprint density at radius 3 is 3.00 bits per heavy atom. The molecule has 0 radical (unpaired) electrons. The van der Waals surface area contributed by atoms with Crippen LogP contribution >= 0.6 is 0 Å². The van der Waals surface area contributed by atoms with Gasteiger partial charge in [-0.15, -0.1) is 5.10 Å². The van der Waals surface area contributed by atoms with Crippen molar-refractivity contribution in [2.24, 2.45) is 0 Å². The molecule has 1 aromatic carbocycles. The molecule has 1 amide bonds. The Bertz CT molecular complexity index is 923. The summed E-state index contributed by atoms with van der Waals surface area (Å²) in [6.07, 6.45) is 0.133. The van der Waals surface area contributed by atoms with Gasteiger partial charge in [0.15, 0.2) is 6.10 Å². The summed E-state index contributed by atoms with van der Waals surface area (Å²) in [7, 11) is 3.94. The first-order valence-electron chi connectivity index (χ1n) is 9.30. The number of nitrogens with zero attached hydrogens (tertiary/aromatic N) is 5. The highest BCUT2D eigenvalue weighted by atomic mass is 16.6. The molecule has 0 saturated carbocycles. The Morgan fingerprint density at radius 1 is 1.38 bits per heavy atom. The van der Waals surface area contributed by atoms with Crippen molar-refractivity contribution in [2.75, 3.05) is 32.6 Å². The number of rotatable bonds is 5. The lowest BCUT2D eigenvalue weighted by Crippen LogP contribution is -2.34. The Hall–Kier alpha value is -3.00. The van der Waals surface area contributed by atoms with Gasteiger partial charge in [-0.1, -0.05) is 11.3 Å². The fourth-order valence-corrected chi connectivity index (χ4v) is 3.60. The van der Waals surface area contributed by atoms with Crippen LogP contribution in [0.1, 0.15) is 17.3 Å². The van der Waals surface area contributed by atoms with Crippen LogP contribution in [0.3, 0.4) is 0 Å². The van der Waals surface area contributed by atoms with Gasteiger partial charge in [-0.2, -0.15) is 5.26 Å². The average Bonchev–Trinajstić information content (AvgIpc) is 3.39. The van der Waals surface area contributed by atoms with Crippen molar-refractivity contribution in [2.45, 2.75) is 30.9 Å². The topological polar surface area (TPSA) is 115 Å². The summed E-state index contributed by atoms with van der Waals surface area (Å²) in [5, 5.41) is 20.0. The number of hydrogen-bond acceptors (Lipinski definition) is 8. The largest absolute Gasteiger partial charge is 0.441 e. The summed E-state index contributed by atoms with van der Waals surface area (Å²) in [5.41, 5.74) is 1.81. The van der Waals surface area contributed by atoms with Crippen LogP contribution in [-0.2, 0) is 20.8 Å². The molecular weight excluding hydrogens is 376 g/mol. The maximum absolute atomic E-state index is 12.3. The highest BCUT2D eigenvalue weighted by molar-refractivity contribution is 5.85. The standard InChI is InChI=1S/C19H22N6O4/c1-24(2)8-14-9-25(23-22-14)15-10-27-18-16(11-28-17(15)18)29-19(26)21-13-5-3-4-12(6-13)7-20/h3-6,9,15-18H,8,10-11H2,1-2H3,(H,21,26)/t15-,16-,17-,18+/m1/s1. The number of amides is 1. The number of fused-ring (bicyclic) bond motifs is 1. The van der Waals surface area contributed by atoms with Crippen LogP contribution in [0.25, 0.3) is 0 Å². The summed E-state index contributed by atoms with van der Waals surface area (Å²) < 4.78 is 19.0. The summed E-state index contributed by atoms with van der Waals surface area (Å²) in [6.45, 7) is 1.35. The predicted molar refractivity (Wildman–Crippen MR) is 101 cm³/mol. The first kappa shape index (κ1) is 19.3. The first-order chi connectivity index (χ1) is 14.0. The fraction of sp³-hybridized carbons (Fsp3) is 0.474. The van der Waals surface area contributed by atoms with Crippen molar-refractivity contribution in [3.05, 3.63) is 41.7 Å². The normalized spacial score (nSPS) is 25.6. The second-order valence-corrected chi connectivity index (χ2v) is 7.35. The molecule has 4 atom stereocenters. The minimum Gasteiger partial charge on any atom is -0.441 e. The Morgan fingerprint density at radius 2 is 2.21 bits per heavy atom. The summed E-state index contributed by atoms with van der Waals surface area (Å²) in [5.74, 6) is 0. The SMILES string of the molecule is CN(C)Cc1cn([C@@H]2CO[C@@H]3[C@@H]2OC[C@H]3OC(=O)Nc2cccc(C#N)c2)nn1. The molecule has 1 N–H and O–H groups in total. The molecule has 2 aliphatic rings. The molecule has 10 nitrogen and oxygen atoms in total. The van der Waals surface area contributed by atoms with Crippen molar-refractivity contribution in [1.82, 2.24) is 19.9 Å². The van der Waals surface area contributed by atoms with E-state index < -0.39 is 12.2 Å². The molecule has 0 bridgehead atoms. The quantitative estimate of drug-likeness (QED) is 0.798. The van der Waals surface area contributed by atoms with Gasteiger partial charge in [-0.3, -0.25) is 5.32 Å². The van der Waals surface area contributed by atoms with E-state index in [1.54, 1.807) is 28.9 Å². The molecule has 0 unspecified atom stereocenters. The van der Waals surface area contributed by atoms with Gasteiger partial charge in [-0.25, -0.2) is 9.48 Å². The zero-order valence-corrected chi connectivity index (χ0v) is 16.2. The zero-order chi connectivity index (χ0) is 20.4. The molecule has 1 aromatic heterocycles. The molecule has 2 aliphatic heterocycles. The van der Waals surface area contributed by atoms with Gasteiger partial charge >= 0.3 is 6.09 Å². The van der Waals surface area contributed by atoms with Crippen molar-refractivity contribution in [3.63, 3.8) is 0 Å². The number of nitrogens with one attached hydrogen (secondary N) is 1. The van der Waals surface area contributed by atoms with Gasteiger partial charge in [0.2, 0.25) is 0 Å². The molecule has 0 spiro atoms. The van der Waals surface area contributed by atoms with Crippen LogP contribution < -0.4 is 5.32 Å². The first-order valence-corrected chi connectivity index (χ1v) is 9.30. The van der Waals surface area contributed by atoms with Crippen LogP contribution in [0.2, 0.25) is 0 Å². The van der Waals surface area contributed by atoms with Gasteiger partial charge in [0.1, 0.15) is 18.2 Å². The van der Waals surface area contributed by atoms with Gasteiger partial charge in [0, 0.05) is 12.2 Å². The van der Waals surface area contributed by atoms with E-state index >= 15 is 0 Å². The lowest BCUT2D eigenvalue weighted by Gasteiger charge is -2.17. The molecule has 2 aromatic rings. The zero-order valence-electron chi connectivity index (χ0n) is 16.2. The van der Waals surface area contributed by atoms with E-state index in [0.29, 0.717) is 24.4 Å². The van der Waals surface area contributed by atoms with Crippen LogP contribution in [0.4, 0.5) is 10.5 Å². The number of ether oxygens (including phenoxy) is 3. The van der Waals surface area contributed by atoms with E-state index in [4.69, 9.17) is 19.5 Å². The van der Waals surface area contributed by atoms with Gasteiger partial charge in [0.25, 0.3) is 0 Å². The number of hydrogen-bond donors (Lipinski definition) is 1. The molecule has 10 heteroatoms. The smallest absolute Gasteiger partial charge is 0.412 e. The Balaban J connectivity index is 1.36. The monoisotopic (exact) mass is 398 g/mol. The Labute approximate surface area is 167 Å². The highest BCUT2D eigenvalue weighted by Crippen LogP contribution is 2.35. The lowest BCUT2D eigenvalue weighted by atomic mass is 10.1. The summed E-state index contributed by atoms with van der Waals surface area (Å²) in [4.78, 5) is 14.3. The maximum atomic E-state index is 12.3. The highest BCUT2D eigenvalue weighted by Gasteiger charge is 2.50. The van der Waals surface area contributed by atoms with Crippen LogP contribution in [0, 0.1) is 11.3 Å². The van der Waals surface area contributed by atoms with Gasteiger partial charge in [-0.05, 0) is 32.3 Å². The van der Waals surface area contributed by atoms with E-state index in [1.807, 2.05) is 31.3 Å². The molecule has 29 heavy (non-hydrogen) atoms.